The molecular weight excluding hydrogens is 444 g/mol. The lowest BCUT2D eigenvalue weighted by Gasteiger charge is -2.30. The Morgan fingerprint density at radius 3 is 2.45 bits per heavy atom. The molecule has 0 radical (unpaired) electrons. The highest BCUT2D eigenvalue weighted by Gasteiger charge is 2.32. The summed E-state index contributed by atoms with van der Waals surface area (Å²) in [7, 11) is -1.46. The van der Waals surface area contributed by atoms with Gasteiger partial charge < -0.3 is 20.9 Å². The van der Waals surface area contributed by atoms with Gasteiger partial charge >= 0.3 is 0 Å². The molecule has 2 aromatic rings. The fourth-order valence-corrected chi connectivity index (χ4v) is 4.68. The van der Waals surface area contributed by atoms with Crippen LogP contribution in [0, 0.1) is 0 Å². The third-order valence-corrected chi connectivity index (χ3v) is 7.72. The maximum Gasteiger partial charge on any atom is 0.237 e. The predicted octanol–water partition coefficient (Wildman–Crippen LogP) is 1.61. The van der Waals surface area contributed by atoms with Crippen molar-refractivity contribution in [2.45, 2.75) is 37.9 Å². The Morgan fingerprint density at radius 1 is 1.21 bits per heavy atom. The van der Waals surface area contributed by atoms with E-state index in [9.17, 15) is 8.42 Å². The van der Waals surface area contributed by atoms with E-state index < -0.39 is 15.3 Å². The Bertz CT molecular complexity index is 1130. The second-order valence-corrected chi connectivity index (χ2v) is 10.5. The van der Waals surface area contributed by atoms with Crippen molar-refractivity contribution >= 4 is 27.5 Å². The normalized spacial score (nSPS) is 16.8. The van der Waals surface area contributed by atoms with Gasteiger partial charge in [0.2, 0.25) is 27.7 Å². The Labute approximate surface area is 193 Å². The number of nitrogens with zero attached hydrogens (tertiary/aromatic N) is 6. The zero-order valence-electron chi connectivity index (χ0n) is 19.0. The highest BCUT2D eigenvalue weighted by Crippen LogP contribution is 2.28. The summed E-state index contributed by atoms with van der Waals surface area (Å²) in [5.41, 5.74) is 12.8. The van der Waals surface area contributed by atoms with Crippen LogP contribution in [0.2, 0.25) is 0 Å². The van der Waals surface area contributed by atoms with Crippen LogP contribution in [0.15, 0.2) is 57.2 Å². The van der Waals surface area contributed by atoms with Crippen molar-refractivity contribution < 1.29 is 12.9 Å². The molecule has 33 heavy (non-hydrogen) atoms. The Kier molecular flexibility index (Phi) is 7.49. The van der Waals surface area contributed by atoms with Gasteiger partial charge in [0.25, 0.3) is 0 Å². The lowest BCUT2D eigenvalue weighted by atomic mass is 9.98. The van der Waals surface area contributed by atoms with E-state index in [1.54, 1.807) is 18.7 Å². The topological polar surface area (TPSA) is 156 Å². The van der Waals surface area contributed by atoms with E-state index in [1.165, 1.54) is 4.31 Å². The SMILES string of the molecule is C=C(N=C(N)N=C(N)c1noc(C2CCN(S(=O)(=O)C(C)C)CC2)n1)N(C)c1ccccc1. The maximum atomic E-state index is 12.3. The quantitative estimate of drug-likeness (QED) is 0.453. The van der Waals surface area contributed by atoms with E-state index in [4.69, 9.17) is 16.0 Å². The predicted molar refractivity (Wildman–Crippen MR) is 128 cm³/mol. The van der Waals surface area contributed by atoms with Crippen molar-refractivity contribution in [3.05, 3.63) is 54.4 Å². The molecule has 1 aliphatic heterocycles. The molecular formula is C21H30N8O3S. The molecule has 1 aromatic heterocycles. The summed E-state index contributed by atoms with van der Waals surface area (Å²) >= 11 is 0. The van der Waals surface area contributed by atoms with Crippen LogP contribution >= 0.6 is 0 Å². The number of sulfonamides is 1. The third kappa shape index (κ3) is 5.76. The summed E-state index contributed by atoms with van der Waals surface area (Å²) in [6, 6.07) is 9.56. The van der Waals surface area contributed by atoms with Gasteiger partial charge in [-0.2, -0.15) is 15.0 Å². The fraction of sp³-hybridized carbons (Fsp3) is 0.429. The zero-order chi connectivity index (χ0) is 24.2. The molecule has 0 spiro atoms. The Morgan fingerprint density at radius 2 is 1.85 bits per heavy atom. The minimum absolute atomic E-state index is 0.0405. The van der Waals surface area contributed by atoms with E-state index in [2.05, 4.69) is 26.7 Å². The summed E-state index contributed by atoms with van der Waals surface area (Å²) in [5.74, 6) is 0.686. The van der Waals surface area contributed by atoms with Crippen LogP contribution in [0.5, 0.6) is 0 Å². The van der Waals surface area contributed by atoms with Gasteiger partial charge in [-0.3, -0.25) is 0 Å². The van der Waals surface area contributed by atoms with Crippen molar-refractivity contribution in [1.29, 1.82) is 0 Å². The molecule has 0 aliphatic carbocycles. The molecule has 3 rings (SSSR count). The number of piperidine rings is 1. The van der Waals surface area contributed by atoms with Crippen LogP contribution < -0.4 is 16.4 Å². The second kappa shape index (κ2) is 10.1. The first-order chi connectivity index (χ1) is 15.6. The molecule has 0 amide bonds. The molecule has 178 valence electrons. The number of para-hydroxylation sites is 1. The molecule has 1 aromatic carbocycles. The number of nitrogens with two attached hydrogens (primary N) is 2. The number of hydrogen-bond donors (Lipinski definition) is 2. The summed E-state index contributed by atoms with van der Waals surface area (Å²) in [4.78, 5) is 14.3. The monoisotopic (exact) mass is 474 g/mol. The number of rotatable bonds is 7. The first-order valence-electron chi connectivity index (χ1n) is 10.6. The lowest BCUT2D eigenvalue weighted by molar-refractivity contribution is 0.269. The molecule has 11 nitrogen and oxygen atoms in total. The van der Waals surface area contributed by atoms with Gasteiger partial charge in [-0.25, -0.2) is 12.7 Å². The van der Waals surface area contributed by atoms with Crippen LogP contribution in [-0.4, -0.2) is 60.0 Å². The lowest BCUT2D eigenvalue weighted by Crippen LogP contribution is -2.41. The van der Waals surface area contributed by atoms with Gasteiger partial charge in [0.05, 0.1) is 5.25 Å². The summed E-state index contributed by atoms with van der Waals surface area (Å²) in [6.45, 7) is 8.07. The van der Waals surface area contributed by atoms with Crippen LogP contribution in [0.1, 0.15) is 44.3 Å². The minimum Gasteiger partial charge on any atom is -0.380 e. The number of guanidine groups is 1. The first kappa shape index (κ1) is 24.4. The first-order valence-corrected chi connectivity index (χ1v) is 12.1. The average Bonchev–Trinajstić information content (AvgIpc) is 3.29. The zero-order valence-corrected chi connectivity index (χ0v) is 19.9. The van der Waals surface area contributed by atoms with Crippen LogP contribution in [0.25, 0.3) is 0 Å². The van der Waals surface area contributed by atoms with E-state index in [0.29, 0.717) is 37.6 Å². The molecule has 12 heteroatoms. The molecule has 0 atom stereocenters. The third-order valence-electron chi connectivity index (χ3n) is 5.44. The Hall–Kier alpha value is -3.25. The minimum atomic E-state index is -3.27. The highest BCUT2D eigenvalue weighted by molar-refractivity contribution is 7.89. The molecule has 1 saturated heterocycles. The van der Waals surface area contributed by atoms with Gasteiger partial charge in [0, 0.05) is 31.7 Å². The van der Waals surface area contributed by atoms with Crippen LogP contribution in [0.4, 0.5) is 5.69 Å². The number of aliphatic imine (C=N–C) groups is 2. The number of benzene rings is 1. The molecule has 0 unspecified atom stereocenters. The van der Waals surface area contributed by atoms with E-state index in [1.807, 2.05) is 37.4 Å². The summed E-state index contributed by atoms with van der Waals surface area (Å²) < 4.78 is 31.5. The molecule has 2 heterocycles. The van der Waals surface area contributed by atoms with E-state index in [0.717, 1.165) is 5.69 Å². The van der Waals surface area contributed by atoms with Gasteiger partial charge in [0.1, 0.15) is 5.82 Å². The summed E-state index contributed by atoms with van der Waals surface area (Å²) in [6.07, 6.45) is 1.17. The van der Waals surface area contributed by atoms with E-state index in [-0.39, 0.29) is 23.5 Å². The molecule has 4 N–H and O–H groups in total. The van der Waals surface area contributed by atoms with Crippen molar-refractivity contribution in [2.24, 2.45) is 21.5 Å². The number of anilines is 1. The largest absolute Gasteiger partial charge is 0.380 e. The summed E-state index contributed by atoms with van der Waals surface area (Å²) in [5, 5.41) is 3.44. The van der Waals surface area contributed by atoms with Crippen LogP contribution in [0.3, 0.4) is 0 Å². The standard InChI is InChI=1S/C21H30N8O3S/c1-14(2)33(30,31)29-12-10-16(11-13-29)20-26-19(27-32-20)18(22)25-21(23)24-15(3)28(4)17-8-6-5-7-9-17/h5-9,14,16H,3,10-13H2,1-2,4H3,(H4,22,23,24,25). The fourth-order valence-electron chi connectivity index (χ4n) is 3.37. The Balaban J connectivity index is 1.64. The van der Waals surface area contributed by atoms with Crippen LogP contribution in [-0.2, 0) is 10.0 Å². The smallest absolute Gasteiger partial charge is 0.237 e. The molecule has 1 fully saturated rings. The van der Waals surface area contributed by atoms with Gasteiger partial charge in [-0.05, 0) is 38.8 Å². The number of aromatic nitrogens is 2. The molecule has 1 aliphatic rings. The number of hydrogen-bond acceptors (Lipinski definition) is 7. The van der Waals surface area contributed by atoms with Crippen molar-refractivity contribution in [1.82, 2.24) is 14.4 Å². The van der Waals surface area contributed by atoms with E-state index >= 15 is 0 Å². The maximum absolute atomic E-state index is 12.3. The van der Waals surface area contributed by atoms with Gasteiger partial charge in [0.15, 0.2) is 5.84 Å². The van der Waals surface area contributed by atoms with Crippen molar-refractivity contribution in [2.75, 3.05) is 25.0 Å². The molecule has 0 bridgehead atoms. The van der Waals surface area contributed by atoms with Crippen molar-refractivity contribution in [3.63, 3.8) is 0 Å². The molecule has 0 saturated carbocycles. The second-order valence-electron chi connectivity index (χ2n) is 8.00. The van der Waals surface area contributed by atoms with Gasteiger partial charge in [-0.1, -0.05) is 29.9 Å². The number of amidine groups is 1. The van der Waals surface area contributed by atoms with Crippen molar-refractivity contribution in [3.8, 4) is 0 Å². The average molecular weight is 475 g/mol. The highest BCUT2D eigenvalue weighted by atomic mass is 32.2. The van der Waals surface area contributed by atoms with Gasteiger partial charge in [-0.15, -0.1) is 0 Å².